The van der Waals surface area contributed by atoms with Crippen LogP contribution in [0.5, 0.6) is 5.75 Å². The second-order valence-electron chi connectivity index (χ2n) is 7.52. The first kappa shape index (κ1) is 24.3. The van der Waals surface area contributed by atoms with Crippen molar-refractivity contribution in [3.8, 4) is 5.75 Å². The van der Waals surface area contributed by atoms with E-state index in [1.165, 1.54) is 17.3 Å². The average molecular weight is 517 g/mol. The molecule has 0 bridgehead atoms. The van der Waals surface area contributed by atoms with Crippen molar-refractivity contribution in [1.82, 2.24) is 14.8 Å². The molecule has 2 aromatic carbocycles. The topological polar surface area (TPSA) is 69.0 Å². The first-order valence-electron chi connectivity index (χ1n) is 10.7. The number of aryl methyl sites for hydroxylation is 1. The number of anilines is 1. The number of carbonyl (C=O) groups excluding carboxylic acids is 1. The SMILES string of the molecule is CCc1ccc(O[C@H](C)c2nnc(SCC(=O)Nc3ccc(Br)c(C)c3C)n2CC)cc1. The number of thioether (sulfide) groups is 1. The second kappa shape index (κ2) is 11.0. The maximum atomic E-state index is 12.5. The summed E-state index contributed by atoms with van der Waals surface area (Å²) in [5, 5.41) is 12.4. The molecule has 8 heteroatoms. The Hall–Kier alpha value is -2.32. The Morgan fingerprint density at radius 3 is 2.50 bits per heavy atom. The van der Waals surface area contributed by atoms with Crippen LogP contribution in [-0.4, -0.2) is 26.4 Å². The zero-order chi connectivity index (χ0) is 23.3. The summed E-state index contributed by atoms with van der Waals surface area (Å²) in [4.78, 5) is 12.5. The molecular weight excluding hydrogens is 488 g/mol. The highest BCUT2D eigenvalue weighted by Gasteiger charge is 2.19. The van der Waals surface area contributed by atoms with E-state index in [0.29, 0.717) is 11.7 Å². The summed E-state index contributed by atoms with van der Waals surface area (Å²) < 4.78 is 9.11. The molecule has 6 nitrogen and oxygen atoms in total. The van der Waals surface area contributed by atoms with E-state index in [0.717, 1.165) is 39.3 Å². The molecule has 1 N–H and O–H groups in total. The number of hydrogen-bond acceptors (Lipinski definition) is 5. The minimum Gasteiger partial charge on any atom is -0.483 e. The molecule has 1 atom stereocenters. The van der Waals surface area contributed by atoms with E-state index in [-0.39, 0.29) is 17.8 Å². The highest BCUT2D eigenvalue weighted by Crippen LogP contribution is 2.27. The van der Waals surface area contributed by atoms with E-state index in [4.69, 9.17) is 4.74 Å². The Morgan fingerprint density at radius 1 is 1.12 bits per heavy atom. The molecule has 0 spiro atoms. The van der Waals surface area contributed by atoms with Gasteiger partial charge >= 0.3 is 0 Å². The number of ether oxygens (including phenoxy) is 1. The number of benzene rings is 2. The number of rotatable bonds is 9. The van der Waals surface area contributed by atoms with Crippen LogP contribution in [0.1, 0.15) is 49.4 Å². The van der Waals surface area contributed by atoms with Gasteiger partial charge in [0.15, 0.2) is 17.1 Å². The van der Waals surface area contributed by atoms with Gasteiger partial charge in [0.25, 0.3) is 0 Å². The van der Waals surface area contributed by atoms with Gasteiger partial charge in [-0.3, -0.25) is 4.79 Å². The summed E-state index contributed by atoms with van der Waals surface area (Å²) in [5.74, 6) is 1.72. The van der Waals surface area contributed by atoms with E-state index < -0.39 is 0 Å². The van der Waals surface area contributed by atoms with Gasteiger partial charge in [0, 0.05) is 16.7 Å². The number of amides is 1. The number of carbonyl (C=O) groups is 1. The van der Waals surface area contributed by atoms with Crippen LogP contribution in [0.2, 0.25) is 0 Å². The average Bonchev–Trinajstić information content (AvgIpc) is 3.21. The number of halogens is 1. The van der Waals surface area contributed by atoms with Crippen molar-refractivity contribution in [2.45, 2.75) is 58.8 Å². The predicted octanol–water partition coefficient (Wildman–Crippen LogP) is 6.11. The summed E-state index contributed by atoms with van der Waals surface area (Å²) in [6, 6.07) is 12.0. The lowest BCUT2D eigenvalue weighted by Crippen LogP contribution is -2.16. The van der Waals surface area contributed by atoms with Gasteiger partial charge in [-0.05, 0) is 75.1 Å². The van der Waals surface area contributed by atoms with Gasteiger partial charge < -0.3 is 14.6 Å². The summed E-state index contributed by atoms with van der Waals surface area (Å²) in [5.41, 5.74) is 4.26. The van der Waals surface area contributed by atoms with Crippen LogP contribution in [0, 0.1) is 13.8 Å². The van der Waals surface area contributed by atoms with Crippen LogP contribution >= 0.6 is 27.7 Å². The molecular formula is C24H29BrN4O2S. The molecule has 0 aliphatic heterocycles. The molecule has 0 saturated carbocycles. The summed E-state index contributed by atoms with van der Waals surface area (Å²) in [7, 11) is 0. The molecule has 0 aliphatic rings. The number of aromatic nitrogens is 3. The lowest BCUT2D eigenvalue weighted by atomic mass is 10.1. The zero-order valence-corrected chi connectivity index (χ0v) is 21.5. The smallest absolute Gasteiger partial charge is 0.234 e. The molecule has 0 radical (unpaired) electrons. The fourth-order valence-corrected chi connectivity index (χ4v) is 4.54. The van der Waals surface area contributed by atoms with Crippen molar-refractivity contribution in [2.24, 2.45) is 0 Å². The van der Waals surface area contributed by atoms with Crippen molar-refractivity contribution in [1.29, 1.82) is 0 Å². The van der Waals surface area contributed by atoms with Gasteiger partial charge in [0.1, 0.15) is 5.75 Å². The molecule has 170 valence electrons. The van der Waals surface area contributed by atoms with Crippen molar-refractivity contribution in [3.05, 3.63) is 63.4 Å². The van der Waals surface area contributed by atoms with Crippen molar-refractivity contribution < 1.29 is 9.53 Å². The van der Waals surface area contributed by atoms with Gasteiger partial charge in [-0.25, -0.2) is 0 Å². The van der Waals surface area contributed by atoms with Gasteiger partial charge in [-0.15, -0.1) is 10.2 Å². The molecule has 0 unspecified atom stereocenters. The Balaban J connectivity index is 1.64. The van der Waals surface area contributed by atoms with Crippen LogP contribution in [0.3, 0.4) is 0 Å². The standard InChI is InChI=1S/C24H29BrN4O2S/c1-6-18-8-10-19(11-9-18)31-17(5)23-27-28-24(29(23)7-2)32-14-22(30)26-21-13-12-20(25)15(3)16(21)4/h8-13,17H,6-7,14H2,1-5H3,(H,26,30)/t17-/m1/s1. The van der Waals surface area contributed by atoms with Gasteiger partial charge in [-0.1, -0.05) is 46.7 Å². The molecule has 3 rings (SSSR count). The number of hydrogen-bond donors (Lipinski definition) is 1. The van der Waals surface area contributed by atoms with Crippen molar-refractivity contribution in [2.75, 3.05) is 11.1 Å². The second-order valence-corrected chi connectivity index (χ2v) is 9.32. The largest absolute Gasteiger partial charge is 0.483 e. The summed E-state index contributed by atoms with van der Waals surface area (Å²) in [6.07, 6.45) is 0.737. The molecule has 1 amide bonds. The zero-order valence-electron chi connectivity index (χ0n) is 19.1. The van der Waals surface area contributed by atoms with Crippen molar-refractivity contribution >= 4 is 39.3 Å². The minimum absolute atomic E-state index is 0.0765. The van der Waals surface area contributed by atoms with Gasteiger partial charge in [0.05, 0.1) is 5.75 Å². The maximum Gasteiger partial charge on any atom is 0.234 e. The predicted molar refractivity (Wildman–Crippen MR) is 134 cm³/mol. The Labute approximate surface area is 202 Å². The number of nitrogens with zero attached hydrogens (tertiary/aromatic N) is 3. The summed E-state index contributed by atoms with van der Waals surface area (Å²) >= 11 is 4.89. The van der Waals surface area contributed by atoms with E-state index in [9.17, 15) is 4.79 Å². The van der Waals surface area contributed by atoms with Crippen molar-refractivity contribution in [3.63, 3.8) is 0 Å². The Morgan fingerprint density at radius 2 is 1.84 bits per heavy atom. The van der Waals surface area contributed by atoms with Crippen LogP contribution in [0.4, 0.5) is 5.69 Å². The van der Waals surface area contributed by atoms with E-state index >= 15 is 0 Å². The van der Waals surface area contributed by atoms with Crippen LogP contribution in [-0.2, 0) is 17.8 Å². The highest BCUT2D eigenvalue weighted by atomic mass is 79.9. The first-order valence-corrected chi connectivity index (χ1v) is 12.5. The fraction of sp³-hybridized carbons (Fsp3) is 0.375. The third kappa shape index (κ3) is 5.72. The lowest BCUT2D eigenvalue weighted by molar-refractivity contribution is -0.113. The molecule has 3 aromatic rings. The third-order valence-corrected chi connectivity index (χ3v) is 7.22. The number of nitrogens with one attached hydrogen (secondary N) is 1. The maximum absolute atomic E-state index is 12.5. The van der Waals surface area contributed by atoms with Gasteiger partial charge in [0.2, 0.25) is 5.91 Å². The van der Waals surface area contributed by atoms with Crippen LogP contribution < -0.4 is 10.1 Å². The molecule has 1 aromatic heterocycles. The molecule has 1 heterocycles. The monoisotopic (exact) mass is 516 g/mol. The normalized spacial score (nSPS) is 11.9. The summed E-state index contributed by atoms with van der Waals surface area (Å²) in [6.45, 7) is 10.8. The molecule has 0 saturated heterocycles. The lowest BCUT2D eigenvalue weighted by Gasteiger charge is -2.16. The van der Waals surface area contributed by atoms with Crippen LogP contribution in [0.15, 0.2) is 46.0 Å². The van der Waals surface area contributed by atoms with E-state index in [1.807, 2.05) is 56.5 Å². The van der Waals surface area contributed by atoms with Crippen LogP contribution in [0.25, 0.3) is 0 Å². The third-order valence-electron chi connectivity index (χ3n) is 5.40. The highest BCUT2D eigenvalue weighted by molar-refractivity contribution is 9.10. The first-order chi connectivity index (χ1) is 15.3. The van der Waals surface area contributed by atoms with Gasteiger partial charge in [-0.2, -0.15) is 0 Å². The van der Waals surface area contributed by atoms with E-state index in [2.05, 4.69) is 50.5 Å². The quantitative estimate of drug-likeness (QED) is 0.347. The Kier molecular flexibility index (Phi) is 8.37. The molecule has 0 aliphatic carbocycles. The molecule has 32 heavy (non-hydrogen) atoms. The van der Waals surface area contributed by atoms with E-state index in [1.54, 1.807) is 0 Å². The molecule has 0 fully saturated rings. The Bertz CT molecular complexity index is 1080. The minimum atomic E-state index is -0.258. The fourth-order valence-electron chi connectivity index (χ4n) is 3.30.